The summed E-state index contributed by atoms with van der Waals surface area (Å²) < 4.78 is 10.7. The summed E-state index contributed by atoms with van der Waals surface area (Å²) in [7, 11) is 3.21. The fourth-order valence-corrected chi connectivity index (χ4v) is 3.41. The molecule has 2 aliphatic rings. The number of carbonyl (C=O) groups excluding carboxylic acids is 2. The van der Waals surface area contributed by atoms with E-state index in [0.717, 1.165) is 30.4 Å². The Morgan fingerprint density at radius 2 is 1.82 bits per heavy atom. The molecule has 0 unspecified atom stereocenters. The summed E-state index contributed by atoms with van der Waals surface area (Å²) in [6.45, 7) is 1.09. The highest BCUT2D eigenvalue weighted by Crippen LogP contribution is 2.33. The Morgan fingerprint density at radius 3 is 2.50 bits per heavy atom. The van der Waals surface area contributed by atoms with E-state index in [1.54, 1.807) is 31.3 Å². The lowest BCUT2D eigenvalue weighted by Gasteiger charge is -2.29. The van der Waals surface area contributed by atoms with E-state index in [9.17, 15) is 9.59 Å². The normalized spacial score (nSPS) is 15.6. The van der Waals surface area contributed by atoms with Gasteiger partial charge in [0.15, 0.2) is 11.5 Å². The molecule has 2 amide bonds. The fraction of sp³-hybridized carbons (Fsp3) is 0.381. The van der Waals surface area contributed by atoms with Crippen molar-refractivity contribution in [2.45, 2.75) is 31.8 Å². The number of fused-ring (bicyclic) bond motifs is 1. The number of benzene rings is 1. The lowest BCUT2D eigenvalue weighted by atomic mass is 9.98. The molecule has 0 spiro atoms. The number of pyridine rings is 1. The van der Waals surface area contributed by atoms with Gasteiger partial charge in [-0.25, -0.2) is 0 Å². The van der Waals surface area contributed by atoms with Crippen LogP contribution in [0.15, 0.2) is 30.5 Å². The van der Waals surface area contributed by atoms with Crippen molar-refractivity contribution in [3.8, 4) is 11.5 Å². The van der Waals surface area contributed by atoms with Crippen LogP contribution in [-0.4, -0.2) is 48.5 Å². The summed E-state index contributed by atoms with van der Waals surface area (Å²) in [6, 6.07) is 7.38. The van der Waals surface area contributed by atoms with E-state index in [-0.39, 0.29) is 23.6 Å². The molecule has 2 heterocycles. The van der Waals surface area contributed by atoms with Gasteiger partial charge in [0.05, 0.1) is 14.2 Å². The van der Waals surface area contributed by atoms with Gasteiger partial charge in [-0.05, 0) is 54.7 Å². The van der Waals surface area contributed by atoms with Gasteiger partial charge in [-0.2, -0.15) is 0 Å². The van der Waals surface area contributed by atoms with Crippen LogP contribution in [0.3, 0.4) is 0 Å². The third-order valence-corrected chi connectivity index (χ3v) is 5.16. The van der Waals surface area contributed by atoms with Crippen molar-refractivity contribution < 1.29 is 19.1 Å². The van der Waals surface area contributed by atoms with Crippen LogP contribution in [0.5, 0.6) is 11.5 Å². The molecule has 0 saturated heterocycles. The molecule has 0 radical (unpaired) electrons. The second kappa shape index (κ2) is 7.50. The minimum atomic E-state index is -0.224. The van der Waals surface area contributed by atoms with Crippen LogP contribution in [0, 0.1) is 0 Å². The summed E-state index contributed by atoms with van der Waals surface area (Å²) in [5.74, 6) is 1.02. The van der Waals surface area contributed by atoms with Crippen LogP contribution in [0.25, 0.3) is 0 Å². The molecule has 146 valence electrons. The predicted molar refractivity (Wildman–Crippen MR) is 103 cm³/mol. The maximum absolute atomic E-state index is 13.0. The maximum Gasteiger partial charge on any atom is 0.270 e. The number of nitrogens with zero attached hydrogens (tertiary/aromatic N) is 2. The van der Waals surface area contributed by atoms with Gasteiger partial charge in [0.1, 0.15) is 5.69 Å². The highest BCUT2D eigenvalue weighted by molar-refractivity contribution is 5.98. The van der Waals surface area contributed by atoms with E-state index in [2.05, 4.69) is 10.3 Å². The molecule has 4 rings (SSSR count). The monoisotopic (exact) mass is 381 g/mol. The third kappa shape index (κ3) is 3.65. The molecule has 1 fully saturated rings. The third-order valence-electron chi connectivity index (χ3n) is 5.16. The average Bonchev–Trinajstić information content (AvgIpc) is 3.55. The van der Waals surface area contributed by atoms with Crippen molar-refractivity contribution in [2.75, 3.05) is 20.8 Å². The summed E-state index contributed by atoms with van der Waals surface area (Å²) in [4.78, 5) is 31.1. The Bertz CT molecular complexity index is 924. The lowest BCUT2D eigenvalue weighted by Crippen LogP contribution is -2.36. The van der Waals surface area contributed by atoms with Crippen molar-refractivity contribution >= 4 is 11.8 Å². The van der Waals surface area contributed by atoms with Crippen LogP contribution in [0.4, 0.5) is 0 Å². The molecule has 1 aromatic carbocycles. The number of aromatic nitrogens is 1. The van der Waals surface area contributed by atoms with Gasteiger partial charge in [-0.15, -0.1) is 0 Å². The minimum absolute atomic E-state index is 0.108. The molecule has 1 aliphatic carbocycles. The molecule has 1 saturated carbocycles. The Kier molecular flexibility index (Phi) is 4.90. The second-order valence-electron chi connectivity index (χ2n) is 7.13. The second-order valence-corrected chi connectivity index (χ2v) is 7.13. The Labute approximate surface area is 163 Å². The molecule has 0 bridgehead atoms. The topological polar surface area (TPSA) is 80.8 Å². The maximum atomic E-state index is 13.0. The molecule has 7 heteroatoms. The lowest BCUT2D eigenvalue weighted by molar-refractivity contribution is 0.0734. The van der Waals surface area contributed by atoms with E-state index >= 15 is 0 Å². The molecule has 2 aromatic rings. The van der Waals surface area contributed by atoms with Crippen molar-refractivity contribution in [1.82, 2.24) is 15.2 Å². The van der Waals surface area contributed by atoms with Gasteiger partial charge in [-0.1, -0.05) is 0 Å². The zero-order valence-electron chi connectivity index (χ0n) is 16.0. The molecular formula is C21H23N3O4. The van der Waals surface area contributed by atoms with Gasteiger partial charge < -0.3 is 19.7 Å². The van der Waals surface area contributed by atoms with Crippen LogP contribution in [-0.2, 0) is 13.0 Å². The number of carbonyl (C=O) groups is 2. The number of amides is 2. The average molecular weight is 381 g/mol. The number of hydrogen-bond acceptors (Lipinski definition) is 5. The van der Waals surface area contributed by atoms with Crippen molar-refractivity contribution in [2.24, 2.45) is 0 Å². The Hall–Kier alpha value is -3.09. The number of ether oxygens (including phenoxy) is 2. The van der Waals surface area contributed by atoms with E-state index in [4.69, 9.17) is 9.47 Å². The molecule has 7 nitrogen and oxygen atoms in total. The first-order chi connectivity index (χ1) is 13.6. The summed E-state index contributed by atoms with van der Waals surface area (Å²) in [5.41, 5.74) is 2.94. The van der Waals surface area contributed by atoms with Crippen LogP contribution >= 0.6 is 0 Å². The van der Waals surface area contributed by atoms with Crippen LogP contribution < -0.4 is 14.8 Å². The Balaban J connectivity index is 1.52. The SMILES string of the molecule is COc1cc2c(cc1OC)CN(C(=O)c1ccnc(C(=O)NC3CC3)c1)CC2. The highest BCUT2D eigenvalue weighted by atomic mass is 16.5. The van der Waals surface area contributed by atoms with Gasteiger partial charge in [0.25, 0.3) is 11.8 Å². The number of hydrogen-bond donors (Lipinski definition) is 1. The first kappa shape index (κ1) is 18.3. The predicted octanol–water partition coefficient (Wildman–Crippen LogP) is 2.19. The molecule has 1 aromatic heterocycles. The number of nitrogens with one attached hydrogen (secondary N) is 1. The molecule has 1 aliphatic heterocycles. The Morgan fingerprint density at radius 1 is 1.11 bits per heavy atom. The largest absolute Gasteiger partial charge is 0.493 e. The van der Waals surface area contributed by atoms with E-state index < -0.39 is 0 Å². The summed E-state index contributed by atoms with van der Waals surface area (Å²) in [5, 5.41) is 2.90. The zero-order valence-corrected chi connectivity index (χ0v) is 16.0. The molecule has 0 atom stereocenters. The van der Waals surface area contributed by atoms with Crippen molar-refractivity contribution in [1.29, 1.82) is 0 Å². The molecular weight excluding hydrogens is 358 g/mol. The van der Waals surface area contributed by atoms with E-state index in [1.165, 1.54) is 6.20 Å². The minimum Gasteiger partial charge on any atom is -0.493 e. The smallest absolute Gasteiger partial charge is 0.270 e. The quantitative estimate of drug-likeness (QED) is 0.859. The first-order valence-corrected chi connectivity index (χ1v) is 9.39. The van der Waals surface area contributed by atoms with Crippen molar-refractivity contribution in [3.05, 3.63) is 52.8 Å². The number of rotatable bonds is 5. The zero-order chi connectivity index (χ0) is 19.7. The van der Waals surface area contributed by atoms with Gasteiger partial charge >= 0.3 is 0 Å². The van der Waals surface area contributed by atoms with E-state index in [1.807, 2.05) is 12.1 Å². The standard InChI is InChI=1S/C21H23N3O4/c1-27-18-10-13-6-8-24(12-15(13)11-19(18)28-2)21(26)14-5-7-22-17(9-14)20(25)23-16-3-4-16/h5,7,9-11,16H,3-4,6,8,12H2,1-2H3,(H,23,25). The van der Waals surface area contributed by atoms with Crippen molar-refractivity contribution in [3.63, 3.8) is 0 Å². The highest BCUT2D eigenvalue weighted by Gasteiger charge is 2.26. The summed E-state index contributed by atoms with van der Waals surface area (Å²) in [6.07, 6.45) is 4.26. The van der Waals surface area contributed by atoms with Gasteiger partial charge in [-0.3, -0.25) is 14.6 Å². The van der Waals surface area contributed by atoms with Crippen LogP contribution in [0.1, 0.15) is 44.8 Å². The molecule has 1 N–H and O–H groups in total. The van der Waals surface area contributed by atoms with Gasteiger partial charge in [0, 0.05) is 30.9 Å². The fourth-order valence-electron chi connectivity index (χ4n) is 3.41. The summed E-state index contributed by atoms with van der Waals surface area (Å²) >= 11 is 0. The van der Waals surface area contributed by atoms with E-state index in [0.29, 0.717) is 30.2 Å². The molecule has 28 heavy (non-hydrogen) atoms. The van der Waals surface area contributed by atoms with Crippen LogP contribution in [0.2, 0.25) is 0 Å². The number of methoxy groups -OCH3 is 2. The van der Waals surface area contributed by atoms with Gasteiger partial charge in [0.2, 0.25) is 0 Å². The first-order valence-electron chi connectivity index (χ1n) is 9.39.